The molecule has 0 aliphatic carbocycles. The predicted octanol–water partition coefficient (Wildman–Crippen LogP) is 3.17. The highest BCUT2D eigenvalue weighted by Crippen LogP contribution is 2.27. The first kappa shape index (κ1) is 14.7. The molecule has 0 atom stereocenters. The van der Waals surface area contributed by atoms with Crippen LogP contribution in [0.25, 0.3) is 11.3 Å². The number of hydrogen-bond acceptors (Lipinski definition) is 2. The van der Waals surface area contributed by atoms with Crippen molar-refractivity contribution in [3.05, 3.63) is 41.1 Å². The molecule has 2 aromatic rings. The fraction of sp³-hybridized carbons (Fsp3) is 0.400. The molecule has 0 bridgehead atoms. The van der Waals surface area contributed by atoms with Gasteiger partial charge in [0, 0.05) is 30.9 Å². The summed E-state index contributed by atoms with van der Waals surface area (Å²) in [5.74, 6) is -0.862. The van der Waals surface area contributed by atoms with Crippen LogP contribution in [-0.4, -0.2) is 16.3 Å². The SMILES string of the molecule is CCCNCc1cn(C)nc1-c1cc(F)c(C)cc1F. The van der Waals surface area contributed by atoms with E-state index >= 15 is 0 Å². The van der Waals surface area contributed by atoms with Crippen LogP contribution >= 0.6 is 0 Å². The van der Waals surface area contributed by atoms with Gasteiger partial charge < -0.3 is 5.32 Å². The van der Waals surface area contributed by atoms with Crippen molar-refractivity contribution in [2.45, 2.75) is 26.8 Å². The predicted molar refractivity (Wildman–Crippen MR) is 75.3 cm³/mol. The molecule has 0 aliphatic heterocycles. The van der Waals surface area contributed by atoms with E-state index in [0.29, 0.717) is 17.8 Å². The normalized spacial score (nSPS) is 11.1. The number of nitrogens with zero attached hydrogens (tertiary/aromatic N) is 2. The van der Waals surface area contributed by atoms with Gasteiger partial charge in [0.05, 0.1) is 5.69 Å². The molecule has 1 heterocycles. The summed E-state index contributed by atoms with van der Waals surface area (Å²) >= 11 is 0. The lowest BCUT2D eigenvalue weighted by atomic mass is 10.0. The van der Waals surface area contributed by atoms with E-state index in [1.165, 1.54) is 12.1 Å². The van der Waals surface area contributed by atoms with Gasteiger partial charge in [0.1, 0.15) is 11.6 Å². The van der Waals surface area contributed by atoms with Crippen LogP contribution in [-0.2, 0) is 13.6 Å². The lowest BCUT2D eigenvalue weighted by Gasteiger charge is -2.06. The van der Waals surface area contributed by atoms with Gasteiger partial charge >= 0.3 is 0 Å². The van der Waals surface area contributed by atoms with E-state index in [2.05, 4.69) is 17.3 Å². The first-order chi connectivity index (χ1) is 9.52. The summed E-state index contributed by atoms with van der Waals surface area (Å²) in [6.45, 7) is 5.08. The van der Waals surface area contributed by atoms with Gasteiger partial charge in [-0.05, 0) is 37.6 Å². The van der Waals surface area contributed by atoms with Gasteiger partial charge in [0.2, 0.25) is 0 Å². The van der Waals surface area contributed by atoms with Gasteiger partial charge in [0.15, 0.2) is 0 Å². The first-order valence-corrected chi connectivity index (χ1v) is 6.72. The third-order valence-electron chi connectivity index (χ3n) is 3.15. The minimum Gasteiger partial charge on any atom is -0.313 e. The third kappa shape index (κ3) is 3.04. The molecule has 20 heavy (non-hydrogen) atoms. The van der Waals surface area contributed by atoms with Crippen molar-refractivity contribution in [1.29, 1.82) is 0 Å². The fourth-order valence-electron chi connectivity index (χ4n) is 2.12. The van der Waals surface area contributed by atoms with Crippen LogP contribution in [0.5, 0.6) is 0 Å². The highest BCUT2D eigenvalue weighted by Gasteiger charge is 2.16. The van der Waals surface area contributed by atoms with Crippen LogP contribution in [0.2, 0.25) is 0 Å². The molecule has 108 valence electrons. The van der Waals surface area contributed by atoms with Gasteiger partial charge in [-0.25, -0.2) is 8.78 Å². The molecule has 0 saturated heterocycles. The Kier molecular flexibility index (Phi) is 4.49. The van der Waals surface area contributed by atoms with Crippen LogP contribution in [0, 0.1) is 18.6 Å². The lowest BCUT2D eigenvalue weighted by Crippen LogP contribution is -2.14. The average Bonchev–Trinajstić information content (AvgIpc) is 2.75. The van der Waals surface area contributed by atoms with Crippen LogP contribution in [0.4, 0.5) is 8.78 Å². The molecule has 0 fully saturated rings. The molecule has 3 nitrogen and oxygen atoms in total. The summed E-state index contributed by atoms with van der Waals surface area (Å²) in [4.78, 5) is 0. The van der Waals surface area contributed by atoms with E-state index in [-0.39, 0.29) is 5.56 Å². The number of nitrogens with one attached hydrogen (secondary N) is 1. The Hall–Kier alpha value is -1.75. The number of aromatic nitrogens is 2. The lowest BCUT2D eigenvalue weighted by molar-refractivity contribution is 0.594. The quantitative estimate of drug-likeness (QED) is 0.852. The molecule has 1 N–H and O–H groups in total. The molecule has 0 aliphatic rings. The Morgan fingerprint density at radius 2 is 2.00 bits per heavy atom. The minimum atomic E-state index is -0.445. The molecular formula is C15H19F2N3. The highest BCUT2D eigenvalue weighted by molar-refractivity contribution is 5.64. The van der Waals surface area contributed by atoms with Crippen molar-refractivity contribution in [2.24, 2.45) is 7.05 Å². The van der Waals surface area contributed by atoms with Crippen molar-refractivity contribution in [3.8, 4) is 11.3 Å². The van der Waals surface area contributed by atoms with Crippen molar-refractivity contribution in [2.75, 3.05) is 6.54 Å². The largest absolute Gasteiger partial charge is 0.313 e. The highest BCUT2D eigenvalue weighted by atomic mass is 19.1. The number of benzene rings is 1. The Morgan fingerprint density at radius 1 is 1.25 bits per heavy atom. The fourth-order valence-corrected chi connectivity index (χ4v) is 2.12. The van der Waals surface area contributed by atoms with E-state index in [4.69, 9.17) is 0 Å². The van der Waals surface area contributed by atoms with Crippen LogP contribution in [0.1, 0.15) is 24.5 Å². The molecule has 0 spiro atoms. The average molecular weight is 279 g/mol. The summed E-state index contributed by atoms with van der Waals surface area (Å²) in [6, 6.07) is 2.43. The van der Waals surface area contributed by atoms with Gasteiger partial charge in [-0.15, -0.1) is 0 Å². The van der Waals surface area contributed by atoms with Gasteiger partial charge in [-0.1, -0.05) is 6.92 Å². The second-order valence-electron chi connectivity index (χ2n) is 4.93. The number of rotatable bonds is 5. The van der Waals surface area contributed by atoms with Gasteiger partial charge in [0.25, 0.3) is 0 Å². The number of aryl methyl sites for hydroxylation is 2. The molecule has 1 aromatic heterocycles. The van der Waals surface area contributed by atoms with Crippen molar-refractivity contribution in [1.82, 2.24) is 15.1 Å². The van der Waals surface area contributed by atoms with Crippen molar-refractivity contribution >= 4 is 0 Å². The Balaban J connectivity index is 2.39. The second kappa shape index (κ2) is 6.13. The Labute approximate surface area is 117 Å². The molecule has 1 aromatic carbocycles. The topological polar surface area (TPSA) is 29.9 Å². The van der Waals surface area contributed by atoms with Gasteiger partial charge in [-0.2, -0.15) is 5.10 Å². The molecule has 5 heteroatoms. The summed E-state index contributed by atoms with van der Waals surface area (Å²) in [6.07, 6.45) is 2.85. The Bertz CT molecular complexity index is 605. The van der Waals surface area contributed by atoms with Crippen LogP contribution < -0.4 is 5.32 Å². The zero-order chi connectivity index (χ0) is 14.7. The zero-order valence-corrected chi connectivity index (χ0v) is 12.0. The maximum absolute atomic E-state index is 14.1. The molecule has 2 rings (SSSR count). The van der Waals surface area contributed by atoms with E-state index < -0.39 is 11.6 Å². The monoisotopic (exact) mass is 279 g/mol. The maximum Gasteiger partial charge on any atom is 0.133 e. The standard InChI is InChI=1S/C15H19F2N3/c1-4-5-18-8-11-9-20(3)19-15(11)12-7-13(16)10(2)6-14(12)17/h6-7,9,18H,4-5,8H2,1-3H3. The van der Waals surface area contributed by atoms with E-state index in [9.17, 15) is 8.78 Å². The summed E-state index contributed by atoms with van der Waals surface area (Å²) in [5.41, 5.74) is 1.87. The number of halogens is 2. The number of hydrogen-bond donors (Lipinski definition) is 1. The zero-order valence-electron chi connectivity index (χ0n) is 12.0. The maximum atomic E-state index is 14.1. The molecule has 0 saturated carbocycles. The van der Waals surface area contributed by atoms with E-state index in [0.717, 1.165) is 18.5 Å². The smallest absolute Gasteiger partial charge is 0.133 e. The molecule has 0 unspecified atom stereocenters. The summed E-state index contributed by atoms with van der Waals surface area (Å²) < 4.78 is 29.4. The summed E-state index contributed by atoms with van der Waals surface area (Å²) in [5, 5.41) is 7.51. The first-order valence-electron chi connectivity index (χ1n) is 6.72. The van der Waals surface area contributed by atoms with E-state index in [1.807, 2.05) is 6.20 Å². The minimum absolute atomic E-state index is 0.210. The van der Waals surface area contributed by atoms with Crippen LogP contribution in [0.15, 0.2) is 18.3 Å². The summed E-state index contributed by atoms with van der Waals surface area (Å²) in [7, 11) is 1.77. The van der Waals surface area contributed by atoms with E-state index in [1.54, 1.807) is 18.7 Å². The van der Waals surface area contributed by atoms with Gasteiger partial charge in [-0.3, -0.25) is 4.68 Å². The molecule has 0 amide bonds. The van der Waals surface area contributed by atoms with Crippen LogP contribution in [0.3, 0.4) is 0 Å². The van der Waals surface area contributed by atoms with Crippen molar-refractivity contribution in [3.63, 3.8) is 0 Å². The Morgan fingerprint density at radius 3 is 2.70 bits per heavy atom. The third-order valence-corrected chi connectivity index (χ3v) is 3.15. The molecule has 0 radical (unpaired) electrons. The van der Waals surface area contributed by atoms with Crippen molar-refractivity contribution < 1.29 is 8.78 Å². The molecular weight excluding hydrogens is 260 g/mol. The second-order valence-corrected chi connectivity index (χ2v) is 4.93.